The summed E-state index contributed by atoms with van der Waals surface area (Å²) in [5, 5.41) is 18.0. The molecule has 1 aliphatic rings. The van der Waals surface area contributed by atoms with Crippen molar-refractivity contribution in [2.75, 3.05) is 36.0 Å². The van der Waals surface area contributed by atoms with Gasteiger partial charge >= 0.3 is 0 Å². The minimum absolute atomic E-state index is 0.508. The Bertz CT molecular complexity index is 1060. The van der Waals surface area contributed by atoms with E-state index in [4.69, 9.17) is 0 Å². The first-order valence-corrected chi connectivity index (χ1v) is 10.1. The molecule has 4 rings (SSSR count). The number of aryl methyl sites for hydroxylation is 2. The lowest BCUT2D eigenvalue weighted by atomic mass is 9.92. The molecule has 0 bridgehead atoms. The summed E-state index contributed by atoms with van der Waals surface area (Å²) in [5.74, 6) is 0.337. The molecule has 3 aromatic rings. The number of nitrogens with zero attached hydrogens (tertiary/aromatic N) is 7. The van der Waals surface area contributed by atoms with Gasteiger partial charge in [0.05, 0.1) is 11.3 Å². The van der Waals surface area contributed by atoms with Crippen LogP contribution in [0.1, 0.15) is 24.5 Å². The van der Waals surface area contributed by atoms with Gasteiger partial charge in [0, 0.05) is 50.6 Å². The Balaban J connectivity index is 1.73. The van der Waals surface area contributed by atoms with Crippen LogP contribution in [0.5, 0.6) is 0 Å². The molecule has 154 valence electrons. The van der Waals surface area contributed by atoms with Crippen molar-refractivity contribution < 1.29 is 4.39 Å². The van der Waals surface area contributed by atoms with E-state index in [1.807, 2.05) is 23.7 Å². The molecule has 0 atom stereocenters. The Morgan fingerprint density at radius 3 is 2.47 bits per heavy atom. The molecule has 1 aliphatic heterocycles. The molecule has 2 aromatic heterocycles. The Labute approximate surface area is 175 Å². The van der Waals surface area contributed by atoms with Gasteiger partial charge in [-0.05, 0) is 30.2 Å². The number of hydrogen-bond acceptors (Lipinski definition) is 6. The second-order valence-corrected chi connectivity index (χ2v) is 7.44. The average Bonchev–Trinajstić information content (AvgIpc) is 3.20. The summed E-state index contributed by atoms with van der Waals surface area (Å²) in [5.41, 5.74) is 4.50. The highest BCUT2D eigenvalue weighted by Crippen LogP contribution is 2.38. The zero-order chi connectivity index (χ0) is 21.1. The largest absolute Gasteiger partial charge is 0.366 e. The number of pyridine rings is 1. The minimum Gasteiger partial charge on any atom is -0.366 e. The first-order chi connectivity index (χ1) is 14.6. The molecule has 1 aromatic carbocycles. The second-order valence-electron chi connectivity index (χ2n) is 7.44. The molecular formula is C22H24FN7. The Kier molecular flexibility index (Phi) is 5.61. The first kappa shape index (κ1) is 19.8. The number of benzene rings is 1. The molecule has 0 spiro atoms. The summed E-state index contributed by atoms with van der Waals surface area (Å²) >= 11 is 0. The van der Waals surface area contributed by atoms with E-state index in [1.165, 1.54) is 6.07 Å². The van der Waals surface area contributed by atoms with E-state index in [9.17, 15) is 9.65 Å². The molecule has 0 aliphatic carbocycles. The van der Waals surface area contributed by atoms with Gasteiger partial charge < -0.3 is 14.4 Å². The van der Waals surface area contributed by atoms with Gasteiger partial charge in [-0.2, -0.15) is 9.65 Å². The normalized spacial score (nSPS) is 14.1. The standard InChI is InChI=1S/C22H24FN7/c1-3-4-16-5-6-17(13-24)21(20(16)18-7-8-19(23)25-14-18)29-9-11-30(12-10-29)22-27-26-15-28(22)2/h5-8,14-15H,3-4,9-12H2,1-2H3. The molecule has 1 saturated heterocycles. The lowest BCUT2D eigenvalue weighted by Crippen LogP contribution is -2.47. The average molecular weight is 405 g/mol. The quantitative estimate of drug-likeness (QED) is 0.607. The van der Waals surface area contributed by atoms with Gasteiger partial charge in [0.15, 0.2) is 0 Å². The van der Waals surface area contributed by atoms with Crippen LogP contribution in [-0.2, 0) is 13.5 Å². The maximum absolute atomic E-state index is 13.5. The summed E-state index contributed by atoms with van der Waals surface area (Å²) in [7, 11) is 1.93. The van der Waals surface area contributed by atoms with Gasteiger partial charge in [0.2, 0.25) is 11.9 Å². The van der Waals surface area contributed by atoms with Gasteiger partial charge in [0.1, 0.15) is 12.4 Å². The van der Waals surface area contributed by atoms with E-state index in [2.05, 4.69) is 38.0 Å². The van der Waals surface area contributed by atoms with Crippen molar-refractivity contribution in [1.82, 2.24) is 19.7 Å². The van der Waals surface area contributed by atoms with Crippen LogP contribution in [0.3, 0.4) is 0 Å². The fourth-order valence-electron chi connectivity index (χ4n) is 4.07. The van der Waals surface area contributed by atoms with Gasteiger partial charge in [0.25, 0.3) is 0 Å². The highest BCUT2D eigenvalue weighted by Gasteiger charge is 2.26. The Hall–Kier alpha value is -3.47. The number of rotatable bonds is 5. The smallest absolute Gasteiger partial charge is 0.226 e. The molecule has 3 heterocycles. The molecule has 0 radical (unpaired) electrons. The lowest BCUT2D eigenvalue weighted by molar-refractivity contribution is 0.584. The van der Waals surface area contributed by atoms with Crippen molar-refractivity contribution in [2.45, 2.75) is 19.8 Å². The number of piperazine rings is 1. The van der Waals surface area contributed by atoms with Gasteiger partial charge in [-0.3, -0.25) is 0 Å². The topological polar surface area (TPSA) is 73.9 Å². The van der Waals surface area contributed by atoms with Crippen molar-refractivity contribution in [3.05, 3.63) is 53.9 Å². The SMILES string of the molecule is CCCc1ccc(C#N)c(N2CCN(c3nncn3C)CC2)c1-c1ccc(F)nc1. The molecular weight excluding hydrogens is 381 g/mol. The third-order valence-corrected chi connectivity index (χ3v) is 5.49. The van der Waals surface area contributed by atoms with Crippen molar-refractivity contribution >= 4 is 11.6 Å². The van der Waals surface area contributed by atoms with E-state index in [-0.39, 0.29) is 0 Å². The Morgan fingerprint density at radius 2 is 1.87 bits per heavy atom. The maximum Gasteiger partial charge on any atom is 0.226 e. The summed E-state index contributed by atoms with van der Waals surface area (Å²) in [4.78, 5) is 8.31. The van der Waals surface area contributed by atoms with Gasteiger partial charge in [-0.25, -0.2) is 4.98 Å². The lowest BCUT2D eigenvalue weighted by Gasteiger charge is -2.38. The number of halogens is 1. The maximum atomic E-state index is 13.5. The molecule has 8 heteroatoms. The zero-order valence-corrected chi connectivity index (χ0v) is 17.2. The number of nitriles is 1. The third kappa shape index (κ3) is 3.71. The zero-order valence-electron chi connectivity index (χ0n) is 17.2. The van der Waals surface area contributed by atoms with Crippen molar-refractivity contribution in [1.29, 1.82) is 5.26 Å². The van der Waals surface area contributed by atoms with Crippen LogP contribution in [-0.4, -0.2) is 45.9 Å². The number of anilines is 2. The van der Waals surface area contributed by atoms with Crippen LogP contribution in [0, 0.1) is 17.3 Å². The highest BCUT2D eigenvalue weighted by atomic mass is 19.1. The fraction of sp³-hybridized carbons (Fsp3) is 0.364. The molecule has 7 nitrogen and oxygen atoms in total. The Morgan fingerprint density at radius 1 is 1.10 bits per heavy atom. The molecule has 30 heavy (non-hydrogen) atoms. The van der Waals surface area contributed by atoms with Crippen molar-refractivity contribution in [3.8, 4) is 17.2 Å². The summed E-state index contributed by atoms with van der Waals surface area (Å²) in [6.45, 7) is 5.18. The monoisotopic (exact) mass is 405 g/mol. The van der Waals surface area contributed by atoms with Crippen molar-refractivity contribution in [3.63, 3.8) is 0 Å². The molecule has 0 N–H and O–H groups in total. The van der Waals surface area contributed by atoms with Crippen LogP contribution >= 0.6 is 0 Å². The molecule has 0 saturated carbocycles. The van der Waals surface area contributed by atoms with Gasteiger partial charge in [-0.15, -0.1) is 10.2 Å². The molecule has 0 amide bonds. The summed E-state index contributed by atoms with van der Waals surface area (Å²) in [6.07, 6.45) is 5.12. The van der Waals surface area contributed by atoms with Crippen molar-refractivity contribution in [2.24, 2.45) is 7.05 Å². The van der Waals surface area contributed by atoms with Crippen LogP contribution in [0.4, 0.5) is 16.0 Å². The summed E-state index contributed by atoms with van der Waals surface area (Å²) < 4.78 is 15.4. The van der Waals surface area contributed by atoms with Crippen LogP contribution in [0.2, 0.25) is 0 Å². The van der Waals surface area contributed by atoms with E-state index in [0.717, 1.165) is 67.3 Å². The van der Waals surface area contributed by atoms with Crippen LogP contribution in [0.15, 0.2) is 36.8 Å². The highest BCUT2D eigenvalue weighted by molar-refractivity contribution is 5.85. The van der Waals surface area contributed by atoms with E-state index >= 15 is 0 Å². The fourth-order valence-corrected chi connectivity index (χ4v) is 4.07. The predicted octanol–water partition coefficient (Wildman–Crippen LogP) is 3.17. The van der Waals surface area contributed by atoms with E-state index in [1.54, 1.807) is 18.6 Å². The number of hydrogen-bond donors (Lipinski definition) is 0. The predicted molar refractivity (Wildman–Crippen MR) is 114 cm³/mol. The number of aromatic nitrogens is 4. The molecule has 1 fully saturated rings. The van der Waals surface area contributed by atoms with Gasteiger partial charge in [-0.1, -0.05) is 19.4 Å². The minimum atomic E-state index is -0.508. The molecule has 0 unspecified atom stereocenters. The first-order valence-electron chi connectivity index (χ1n) is 10.1. The van der Waals surface area contributed by atoms with E-state index in [0.29, 0.717) is 5.56 Å². The second kappa shape index (κ2) is 8.49. The summed E-state index contributed by atoms with van der Waals surface area (Å²) in [6, 6.07) is 9.39. The van der Waals surface area contributed by atoms with Crippen LogP contribution < -0.4 is 9.80 Å². The van der Waals surface area contributed by atoms with Crippen LogP contribution in [0.25, 0.3) is 11.1 Å². The third-order valence-electron chi connectivity index (χ3n) is 5.49. The van der Waals surface area contributed by atoms with E-state index < -0.39 is 5.95 Å².